The van der Waals surface area contributed by atoms with Crippen LogP contribution in [0.2, 0.25) is 0 Å². The smallest absolute Gasteiger partial charge is 0.326 e. The van der Waals surface area contributed by atoms with Crippen LogP contribution in [-0.2, 0) is 24.7 Å². The molecule has 2 aliphatic rings. The molecule has 1 aromatic heterocycles. The van der Waals surface area contributed by atoms with Gasteiger partial charge in [-0.1, -0.05) is 37.5 Å². The molecule has 216 valence electrons. The molecule has 0 aliphatic carbocycles. The first-order chi connectivity index (χ1) is 19.6. The number of amides is 1. The van der Waals surface area contributed by atoms with Gasteiger partial charge in [-0.2, -0.15) is 0 Å². The van der Waals surface area contributed by atoms with E-state index in [2.05, 4.69) is 45.9 Å². The van der Waals surface area contributed by atoms with Crippen molar-refractivity contribution >= 4 is 34.8 Å². The Labute approximate surface area is 246 Å². The number of carbonyl (C=O) groups is 2. The summed E-state index contributed by atoms with van der Waals surface area (Å²) >= 11 is 1.65. The average Bonchev–Trinajstić information content (AvgIpc) is 3.27. The molecule has 0 spiro atoms. The van der Waals surface area contributed by atoms with Gasteiger partial charge in [0.2, 0.25) is 5.91 Å². The number of nitrogens with zero attached hydrogens (tertiary/aromatic N) is 2. The monoisotopic (exact) mass is 574 g/mol. The van der Waals surface area contributed by atoms with Crippen LogP contribution in [-0.4, -0.2) is 59.4 Å². The molecule has 1 aromatic carbocycles. The molecule has 1 amide bonds. The van der Waals surface area contributed by atoms with Gasteiger partial charge in [-0.3, -0.25) is 9.59 Å². The molecular formula is C32H38N4O4S. The maximum absolute atomic E-state index is 12.7. The zero-order valence-electron chi connectivity index (χ0n) is 24.2. The fourth-order valence-electron chi connectivity index (χ4n) is 4.63. The largest absolute Gasteiger partial charge is 0.450 e. The Bertz CT molecular complexity index is 1370. The van der Waals surface area contributed by atoms with E-state index in [0.29, 0.717) is 31.9 Å². The number of ether oxygens (including phenoxy) is 2. The number of fused-ring (bicyclic) bond motifs is 1. The Balaban J connectivity index is 1.63. The molecule has 1 fully saturated rings. The number of hydrogen-bond donors (Lipinski definition) is 2. The summed E-state index contributed by atoms with van der Waals surface area (Å²) in [6, 6.07) is 3.64. The van der Waals surface area contributed by atoms with Crippen LogP contribution in [0, 0.1) is 0 Å². The second-order valence-electron chi connectivity index (χ2n) is 10.4. The maximum atomic E-state index is 12.7. The van der Waals surface area contributed by atoms with E-state index < -0.39 is 17.6 Å². The molecule has 2 N–H and O–H groups in total. The summed E-state index contributed by atoms with van der Waals surface area (Å²) in [6.07, 6.45) is 11.7. The molecule has 2 aromatic rings. The van der Waals surface area contributed by atoms with Gasteiger partial charge in [0, 0.05) is 47.6 Å². The van der Waals surface area contributed by atoms with Crippen molar-refractivity contribution in [3.05, 3.63) is 78.9 Å². The molecule has 8 nitrogen and oxygen atoms in total. The van der Waals surface area contributed by atoms with Crippen LogP contribution >= 0.6 is 11.8 Å². The zero-order valence-corrected chi connectivity index (χ0v) is 25.0. The standard InChI is InChI=1S/C32H38N4O4S/c1-7-9-10-11-20(3)24-14-22(15-25-21(4)27(41-29(24)25)16-28(37)33-8-2)23-17-35-31(36-18-23)32(5,6)40-30(38)26-19-39-13-12-34-26/h7,9-11,14-15,17-18,26-27,34H,3-4,8,12-13,16,19H2,1-2,5-6H3,(H,33,37). The highest BCUT2D eigenvalue weighted by molar-refractivity contribution is 8.01. The Morgan fingerprint density at radius 1 is 1.24 bits per heavy atom. The summed E-state index contributed by atoms with van der Waals surface area (Å²) in [5.74, 6) is 0.00770. The number of rotatable bonds is 10. The lowest BCUT2D eigenvalue weighted by molar-refractivity contribution is -0.163. The third-order valence-corrected chi connectivity index (χ3v) is 8.27. The van der Waals surface area contributed by atoms with Gasteiger partial charge in [0.05, 0.1) is 13.2 Å². The van der Waals surface area contributed by atoms with E-state index in [-0.39, 0.29) is 17.8 Å². The van der Waals surface area contributed by atoms with E-state index in [1.807, 2.05) is 38.2 Å². The molecule has 2 atom stereocenters. The maximum Gasteiger partial charge on any atom is 0.326 e. The SMILES string of the molecule is C=C(C=CC=CC)c1cc(-c2cnc(C(C)(C)OC(=O)C3COCCN3)nc2)cc2c1SC(CC(=O)NCC)C2=C. The Hall–Kier alpha value is -3.53. The van der Waals surface area contributed by atoms with Crippen molar-refractivity contribution in [2.24, 2.45) is 0 Å². The molecule has 41 heavy (non-hydrogen) atoms. The molecule has 0 saturated carbocycles. The summed E-state index contributed by atoms with van der Waals surface area (Å²) < 4.78 is 11.1. The van der Waals surface area contributed by atoms with Gasteiger partial charge < -0.3 is 20.1 Å². The number of thioether (sulfide) groups is 1. The molecule has 3 heterocycles. The topological polar surface area (TPSA) is 102 Å². The van der Waals surface area contributed by atoms with E-state index in [1.165, 1.54) is 0 Å². The number of benzene rings is 1. The predicted molar refractivity (Wildman–Crippen MR) is 164 cm³/mol. The van der Waals surface area contributed by atoms with Gasteiger partial charge in [-0.15, -0.1) is 11.8 Å². The Kier molecular flexibility index (Phi) is 9.96. The van der Waals surface area contributed by atoms with Crippen LogP contribution in [0.25, 0.3) is 22.3 Å². The van der Waals surface area contributed by atoms with Crippen molar-refractivity contribution in [1.82, 2.24) is 20.6 Å². The Morgan fingerprint density at radius 2 is 2.00 bits per heavy atom. The molecule has 0 radical (unpaired) electrons. The average molecular weight is 575 g/mol. The number of morpholine rings is 1. The summed E-state index contributed by atoms with van der Waals surface area (Å²) in [5.41, 5.74) is 4.42. The van der Waals surface area contributed by atoms with E-state index in [4.69, 9.17) is 9.47 Å². The third kappa shape index (κ3) is 7.22. The summed E-state index contributed by atoms with van der Waals surface area (Å²) in [5, 5.41) is 5.94. The van der Waals surface area contributed by atoms with Gasteiger partial charge in [0.1, 0.15) is 6.04 Å². The minimum Gasteiger partial charge on any atom is -0.450 e. The zero-order chi connectivity index (χ0) is 29.6. The number of carbonyl (C=O) groups excluding carboxylic acids is 2. The number of esters is 1. The fourth-order valence-corrected chi connectivity index (χ4v) is 6.06. The molecular weight excluding hydrogens is 536 g/mol. The van der Waals surface area contributed by atoms with E-state index >= 15 is 0 Å². The van der Waals surface area contributed by atoms with Gasteiger partial charge in [-0.25, -0.2) is 9.97 Å². The quantitative estimate of drug-likeness (QED) is 0.300. The van der Waals surface area contributed by atoms with Crippen LogP contribution in [0.1, 0.15) is 51.1 Å². The first-order valence-electron chi connectivity index (χ1n) is 13.8. The molecule has 2 aliphatic heterocycles. The number of nitrogens with one attached hydrogen (secondary N) is 2. The fraction of sp³-hybridized carbons (Fsp3) is 0.375. The lowest BCUT2D eigenvalue weighted by Crippen LogP contribution is -2.49. The van der Waals surface area contributed by atoms with Crippen molar-refractivity contribution in [2.75, 3.05) is 26.3 Å². The number of hydrogen-bond acceptors (Lipinski definition) is 8. The van der Waals surface area contributed by atoms with E-state index in [0.717, 1.165) is 38.3 Å². The first kappa shape index (κ1) is 30.4. The molecule has 4 rings (SSSR count). The highest BCUT2D eigenvalue weighted by atomic mass is 32.2. The lowest BCUT2D eigenvalue weighted by atomic mass is 9.93. The van der Waals surface area contributed by atoms with Crippen molar-refractivity contribution < 1.29 is 19.1 Å². The van der Waals surface area contributed by atoms with Crippen molar-refractivity contribution in [1.29, 1.82) is 0 Å². The van der Waals surface area contributed by atoms with Crippen molar-refractivity contribution in [3.63, 3.8) is 0 Å². The van der Waals surface area contributed by atoms with Crippen LogP contribution < -0.4 is 10.6 Å². The minimum absolute atomic E-state index is 0.00614. The first-order valence-corrected chi connectivity index (χ1v) is 14.7. The van der Waals surface area contributed by atoms with E-state index in [9.17, 15) is 9.59 Å². The summed E-state index contributed by atoms with van der Waals surface area (Å²) in [6.45, 7) is 18.1. The highest BCUT2D eigenvalue weighted by Crippen LogP contribution is 2.50. The van der Waals surface area contributed by atoms with Gasteiger partial charge in [0.15, 0.2) is 11.4 Å². The summed E-state index contributed by atoms with van der Waals surface area (Å²) in [4.78, 5) is 35.3. The van der Waals surface area contributed by atoms with Crippen LogP contribution in [0.3, 0.4) is 0 Å². The van der Waals surface area contributed by atoms with Crippen molar-refractivity contribution in [2.45, 2.75) is 55.9 Å². The highest BCUT2D eigenvalue weighted by Gasteiger charge is 2.34. The minimum atomic E-state index is -1.03. The summed E-state index contributed by atoms with van der Waals surface area (Å²) in [7, 11) is 0. The molecule has 2 unspecified atom stereocenters. The van der Waals surface area contributed by atoms with Gasteiger partial charge >= 0.3 is 5.97 Å². The third-order valence-electron chi connectivity index (χ3n) is 6.86. The second-order valence-corrected chi connectivity index (χ2v) is 11.6. The van der Waals surface area contributed by atoms with Crippen LogP contribution in [0.15, 0.2) is 66.9 Å². The molecule has 0 bridgehead atoms. The Morgan fingerprint density at radius 3 is 2.66 bits per heavy atom. The van der Waals surface area contributed by atoms with Crippen LogP contribution in [0.5, 0.6) is 0 Å². The van der Waals surface area contributed by atoms with E-state index in [1.54, 1.807) is 38.0 Å². The predicted octanol–water partition coefficient (Wildman–Crippen LogP) is 5.07. The lowest BCUT2D eigenvalue weighted by Gasteiger charge is -2.28. The van der Waals surface area contributed by atoms with Crippen LogP contribution in [0.4, 0.5) is 0 Å². The number of allylic oxidation sites excluding steroid dienone is 5. The van der Waals surface area contributed by atoms with Gasteiger partial charge in [0.25, 0.3) is 0 Å². The molecule has 1 saturated heterocycles. The van der Waals surface area contributed by atoms with Crippen molar-refractivity contribution in [3.8, 4) is 11.1 Å². The number of aromatic nitrogens is 2. The van der Waals surface area contributed by atoms with Gasteiger partial charge in [-0.05, 0) is 67.7 Å². The second kappa shape index (κ2) is 13.4. The normalized spacial score (nSPS) is 19.0. The molecule has 9 heteroatoms.